The van der Waals surface area contributed by atoms with Gasteiger partial charge in [0, 0.05) is 18.2 Å². The first kappa shape index (κ1) is 19.3. The van der Waals surface area contributed by atoms with Crippen molar-refractivity contribution in [3.8, 4) is 0 Å². The number of hydrogen-bond acceptors (Lipinski definition) is 4. The molecule has 1 aromatic carbocycles. The lowest BCUT2D eigenvalue weighted by Gasteiger charge is -2.24. The summed E-state index contributed by atoms with van der Waals surface area (Å²) in [7, 11) is 0. The molecule has 0 aromatic heterocycles. The largest absolute Gasteiger partial charge is 0.466 e. The first-order valence-electron chi connectivity index (χ1n) is 8.54. The molecule has 1 saturated heterocycles. The van der Waals surface area contributed by atoms with Crippen molar-refractivity contribution in [1.82, 2.24) is 10.2 Å². The summed E-state index contributed by atoms with van der Waals surface area (Å²) in [6.07, 6.45) is -1.61. The molecule has 1 aliphatic heterocycles. The maximum atomic E-state index is 12.7. The third-order valence-corrected chi connectivity index (χ3v) is 4.34. The smallest absolute Gasteiger partial charge is 0.311 e. The summed E-state index contributed by atoms with van der Waals surface area (Å²) in [5.41, 5.74) is 0.499. The maximum Gasteiger partial charge on any atom is 0.311 e. The first-order chi connectivity index (χ1) is 12.0. The summed E-state index contributed by atoms with van der Waals surface area (Å²) in [6.45, 7) is 2.42. The van der Waals surface area contributed by atoms with Crippen LogP contribution in [0.3, 0.4) is 0 Å². The zero-order chi connectivity index (χ0) is 18.2. The Kier molecular flexibility index (Phi) is 7.31. The number of amides is 1. The Morgan fingerprint density at radius 3 is 2.56 bits per heavy atom. The molecule has 0 unspecified atom stereocenters. The van der Waals surface area contributed by atoms with Crippen LogP contribution in [0.5, 0.6) is 0 Å². The Labute approximate surface area is 146 Å². The van der Waals surface area contributed by atoms with Gasteiger partial charge in [-0.15, -0.1) is 0 Å². The minimum absolute atomic E-state index is 0.245. The van der Waals surface area contributed by atoms with Gasteiger partial charge in [0.25, 0.3) is 12.3 Å². The van der Waals surface area contributed by atoms with E-state index in [9.17, 15) is 18.4 Å². The van der Waals surface area contributed by atoms with Gasteiger partial charge in [-0.3, -0.25) is 14.5 Å². The lowest BCUT2D eigenvalue weighted by Crippen LogP contribution is -2.44. The monoisotopic (exact) mass is 354 g/mol. The number of likely N-dealkylation sites (tertiary alicyclic amines) is 1. The molecule has 5 nitrogen and oxygen atoms in total. The van der Waals surface area contributed by atoms with Crippen molar-refractivity contribution in [1.29, 1.82) is 0 Å². The average molecular weight is 354 g/mol. The zero-order valence-electron chi connectivity index (χ0n) is 14.3. The zero-order valence-corrected chi connectivity index (χ0v) is 14.3. The molecule has 7 heteroatoms. The van der Waals surface area contributed by atoms with Crippen LogP contribution in [0.15, 0.2) is 30.3 Å². The van der Waals surface area contributed by atoms with Crippen LogP contribution in [-0.4, -0.2) is 55.5 Å². The highest BCUT2D eigenvalue weighted by molar-refractivity contribution is 5.94. The molecular weight excluding hydrogens is 330 g/mol. The molecule has 2 rings (SSSR count). The van der Waals surface area contributed by atoms with Crippen LogP contribution >= 0.6 is 0 Å². The van der Waals surface area contributed by atoms with Gasteiger partial charge in [-0.1, -0.05) is 18.2 Å². The Morgan fingerprint density at radius 1 is 1.24 bits per heavy atom. The molecule has 25 heavy (non-hydrogen) atoms. The van der Waals surface area contributed by atoms with E-state index in [1.165, 1.54) is 0 Å². The predicted molar refractivity (Wildman–Crippen MR) is 89.5 cm³/mol. The Bertz CT molecular complexity index is 569. The van der Waals surface area contributed by atoms with Gasteiger partial charge >= 0.3 is 5.97 Å². The second-order valence-electron chi connectivity index (χ2n) is 6.07. The third-order valence-electron chi connectivity index (χ3n) is 4.34. The normalized spacial score (nSPS) is 21.6. The number of carbonyl (C=O) groups is 2. The topological polar surface area (TPSA) is 58.6 Å². The number of rotatable bonds is 6. The SMILES string of the molecule is CCOC(=O)[C@@H]1CCN(CC(F)F)CC[C@@H]1NC(=O)c1ccccc1. The summed E-state index contributed by atoms with van der Waals surface area (Å²) in [4.78, 5) is 26.3. The van der Waals surface area contributed by atoms with E-state index >= 15 is 0 Å². The molecule has 0 aliphatic carbocycles. The number of nitrogens with zero attached hydrogens (tertiary/aromatic N) is 1. The van der Waals surface area contributed by atoms with Gasteiger partial charge in [0.15, 0.2) is 0 Å². The number of ether oxygens (including phenoxy) is 1. The Balaban J connectivity index is 2.09. The molecule has 2 atom stereocenters. The summed E-state index contributed by atoms with van der Waals surface area (Å²) in [5, 5.41) is 2.88. The van der Waals surface area contributed by atoms with Crippen LogP contribution in [0.25, 0.3) is 0 Å². The second kappa shape index (κ2) is 9.46. The summed E-state index contributed by atoms with van der Waals surface area (Å²) in [6, 6.07) is 8.27. The van der Waals surface area contributed by atoms with E-state index in [0.29, 0.717) is 31.5 Å². The summed E-state index contributed by atoms with van der Waals surface area (Å²) >= 11 is 0. The highest BCUT2D eigenvalue weighted by atomic mass is 19.3. The van der Waals surface area contributed by atoms with Crippen molar-refractivity contribution in [2.45, 2.75) is 32.2 Å². The number of nitrogens with one attached hydrogen (secondary N) is 1. The minimum Gasteiger partial charge on any atom is -0.466 e. The third kappa shape index (κ3) is 5.77. The summed E-state index contributed by atoms with van der Waals surface area (Å²) in [5.74, 6) is -1.20. The van der Waals surface area contributed by atoms with Crippen molar-refractivity contribution < 1.29 is 23.1 Å². The lowest BCUT2D eigenvalue weighted by atomic mass is 9.94. The molecule has 1 heterocycles. The van der Waals surface area contributed by atoms with Crippen LogP contribution < -0.4 is 5.32 Å². The van der Waals surface area contributed by atoms with Crippen LogP contribution in [0, 0.1) is 5.92 Å². The van der Waals surface area contributed by atoms with E-state index in [0.717, 1.165) is 0 Å². The van der Waals surface area contributed by atoms with Gasteiger partial charge in [0.1, 0.15) is 0 Å². The molecule has 0 spiro atoms. The van der Waals surface area contributed by atoms with E-state index in [1.54, 1.807) is 36.1 Å². The van der Waals surface area contributed by atoms with E-state index in [2.05, 4.69) is 5.32 Å². The first-order valence-corrected chi connectivity index (χ1v) is 8.54. The van der Waals surface area contributed by atoms with E-state index in [-0.39, 0.29) is 25.0 Å². The van der Waals surface area contributed by atoms with Gasteiger partial charge in [-0.2, -0.15) is 0 Å². The lowest BCUT2D eigenvalue weighted by molar-refractivity contribution is -0.149. The molecule has 0 saturated carbocycles. The van der Waals surface area contributed by atoms with Gasteiger partial charge in [-0.05, 0) is 38.4 Å². The molecule has 1 aliphatic rings. The van der Waals surface area contributed by atoms with Gasteiger partial charge < -0.3 is 10.1 Å². The van der Waals surface area contributed by atoms with Crippen LogP contribution in [-0.2, 0) is 9.53 Å². The second-order valence-corrected chi connectivity index (χ2v) is 6.07. The van der Waals surface area contributed by atoms with Crippen LogP contribution in [0.1, 0.15) is 30.1 Å². The molecule has 0 radical (unpaired) electrons. The van der Waals surface area contributed by atoms with Crippen LogP contribution in [0.4, 0.5) is 8.78 Å². The van der Waals surface area contributed by atoms with Crippen molar-refractivity contribution >= 4 is 11.9 Å². The molecule has 1 amide bonds. The molecule has 0 bridgehead atoms. The highest BCUT2D eigenvalue weighted by Crippen LogP contribution is 2.21. The fraction of sp³-hybridized carbons (Fsp3) is 0.556. The van der Waals surface area contributed by atoms with Gasteiger partial charge in [0.05, 0.1) is 19.1 Å². The van der Waals surface area contributed by atoms with Gasteiger partial charge in [0.2, 0.25) is 0 Å². The number of alkyl halides is 2. The van der Waals surface area contributed by atoms with E-state index in [4.69, 9.17) is 4.74 Å². The van der Waals surface area contributed by atoms with Crippen LogP contribution in [0.2, 0.25) is 0 Å². The van der Waals surface area contributed by atoms with Gasteiger partial charge in [-0.25, -0.2) is 8.78 Å². The van der Waals surface area contributed by atoms with E-state index in [1.807, 2.05) is 6.07 Å². The van der Waals surface area contributed by atoms with Crippen molar-refractivity contribution in [3.05, 3.63) is 35.9 Å². The predicted octanol–water partition coefficient (Wildman–Crippen LogP) is 2.33. The number of esters is 1. The highest BCUT2D eigenvalue weighted by Gasteiger charge is 2.34. The fourth-order valence-electron chi connectivity index (χ4n) is 3.08. The number of halogens is 2. The Morgan fingerprint density at radius 2 is 1.92 bits per heavy atom. The number of hydrogen-bond donors (Lipinski definition) is 1. The number of carbonyl (C=O) groups excluding carboxylic acids is 2. The fourth-order valence-corrected chi connectivity index (χ4v) is 3.08. The standard InChI is InChI=1S/C18H24F2N2O3/c1-2-25-18(24)14-8-10-22(12-16(19)20)11-9-15(14)21-17(23)13-6-4-3-5-7-13/h3-7,14-16H,2,8-12H2,1H3,(H,21,23)/t14-,15+/m1/s1. The molecule has 1 N–H and O–H groups in total. The maximum absolute atomic E-state index is 12.7. The molecule has 1 fully saturated rings. The molecular formula is C18H24F2N2O3. The van der Waals surface area contributed by atoms with Crippen molar-refractivity contribution in [2.75, 3.05) is 26.2 Å². The molecule has 138 valence electrons. The Hall–Kier alpha value is -2.02. The summed E-state index contributed by atoms with van der Waals surface area (Å²) < 4.78 is 30.4. The minimum atomic E-state index is -2.42. The van der Waals surface area contributed by atoms with E-state index < -0.39 is 18.4 Å². The molecule has 1 aromatic rings. The van der Waals surface area contributed by atoms with Crippen molar-refractivity contribution in [2.24, 2.45) is 5.92 Å². The van der Waals surface area contributed by atoms with Crippen molar-refractivity contribution in [3.63, 3.8) is 0 Å². The number of benzene rings is 1. The quantitative estimate of drug-likeness (QED) is 0.797. The average Bonchev–Trinajstić information content (AvgIpc) is 2.78.